The third kappa shape index (κ3) is 6.48. The number of nitrogens with zero attached hydrogens (tertiary/aromatic N) is 3. The second-order valence-electron chi connectivity index (χ2n) is 8.65. The third-order valence-electron chi connectivity index (χ3n) is 6.27. The van der Waals surface area contributed by atoms with Gasteiger partial charge in [-0.05, 0) is 30.5 Å². The lowest BCUT2D eigenvalue weighted by Gasteiger charge is -2.35. The molecule has 176 valence electrons. The molecular formula is C26H33N3O4. The van der Waals surface area contributed by atoms with Crippen LogP contribution < -0.4 is 9.47 Å². The number of amides is 2. The normalized spacial score (nSPS) is 16.3. The van der Waals surface area contributed by atoms with E-state index in [1.165, 1.54) is 5.56 Å². The Morgan fingerprint density at radius 2 is 1.61 bits per heavy atom. The molecule has 2 amide bonds. The Morgan fingerprint density at radius 3 is 2.27 bits per heavy atom. The predicted molar refractivity (Wildman–Crippen MR) is 126 cm³/mol. The van der Waals surface area contributed by atoms with Gasteiger partial charge in [-0.2, -0.15) is 0 Å². The molecule has 1 aliphatic carbocycles. The van der Waals surface area contributed by atoms with Crippen LogP contribution in [0.15, 0.2) is 54.6 Å². The van der Waals surface area contributed by atoms with Crippen molar-refractivity contribution in [1.82, 2.24) is 14.7 Å². The van der Waals surface area contributed by atoms with Crippen LogP contribution in [0.3, 0.4) is 0 Å². The van der Waals surface area contributed by atoms with Crippen molar-refractivity contribution in [2.24, 2.45) is 0 Å². The monoisotopic (exact) mass is 451 g/mol. The first-order valence-electron chi connectivity index (χ1n) is 11.7. The zero-order valence-corrected chi connectivity index (χ0v) is 19.3. The van der Waals surface area contributed by atoms with Gasteiger partial charge in [0.05, 0.1) is 7.11 Å². The van der Waals surface area contributed by atoms with Crippen LogP contribution in [0.25, 0.3) is 0 Å². The molecule has 2 aromatic rings. The number of para-hydroxylation sites is 2. The van der Waals surface area contributed by atoms with E-state index in [1.807, 2.05) is 28.0 Å². The van der Waals surface area contributed by atoms with Gasteiger partial charge in [0.25, 0.3) is 5.91 Å². The number of piperazine rings is 1. The molecule has 0 unspecified atom stereocenters. The zero-order chi connectivity index (χ0) is 23.0. The molecule has 0 radical (unpaired) electrons. The summed E-state index contributed by atoms with van der Waals surface area (Å²) in [6.07, 6.45) is 2.34. The summed E-state index contributed by atoms with van der Waals surface area (Å²) in [5.74, 6) is 1.20. The van der Waals surface area contributed by atoms with E-state index in [2.05, 4.69) is 29.2 Å². The molecule has 0 bridgehead atoms. The number of rotatable bonds is 10. The number of carbonyl (C=O) groups excluding carboxylic acids is 2. The van der Waals surface area contributed by atoms with E-state index in [1.54, 1.807) is 19.2 Å². The van der Waals surface area contributed by atoms with Crippen LogP contribution >= 0.6 is 0 Å². The van der Waals surface area contributed by atoms with Gasteiger partial charge in [-0.15, -0.1) is 0 Å². The van der Waals surface area contributed by atoms with Gasteiger partial charge in [-0.1, -0.05) is 42.5 Å². The van der Waals surface area contributed by atoms with Crippen molar-refractivity contribution in [1.29, 1.82) is 0 Å². The van der Waals surface area contributed by atoms with E-state index in [9.17, 15) is 9.59 Å². The largest absolute Gasteiger partial charge is 0.493 e. The van der Waals surface area contributed by atoms with Crippen molar-refractivity contribution in [3.63, 3.8) is 0 Å². The van der Waals surface area contributed by atoms with Crippen molar-refractivity contribution < 1.29 is 19.1 Å². The van der Waals surface area contributed by atoms with Crippen LogP contribution in [0.4, 0.5) is 0 Å². The Kier molecular flexibility index (Phi) is 7.83. The fraction of sp³-hybridized carbons (Fsp3) is 0.462. The summed E-state index contributed by atoms with van der Waals surface area (Å²) < 4.78 is 11.0. The Hall–Kier alpha value is -3.06. The highest BCUT2D eigenvalue weighted by Gasteiger charge is 2.33. The lowest BCUT2D eigenvalue weighted by atomic mass is 10.2. The van der Waals surface area contributed by atoms with Crippen LogP contribution in [-0.4, -0.2) is 79.0 Å². The highest BCUT2D eigenvalue weighted by atomic mass is 16.5. The van der Waals surface area contributed by atoms with E-state index < -0.39 is 0 Å². The molecule has 1 saturated carbocycles. The molecule has 0 N–H and O–H groups in total. The highest BCUT2D eigenvalue weighted by molar-refractivity contribution is 5.80. The summed E-state index contributed by atoms with van der Waals surface area (Å²) in [4.78, 5) is 31.8. The van der Waals surface area contributed by atoms with E-state index in [4.69, 9.17) is 9.47 Å². The summed E-state index contributed by atoms with van der Waals surface area (Å²) in [5, 5.41) is 0. The second-order valence-corrected chi connectivity index (χ2v) is 8.65. The first kappa shape index (κ1) is 23.1. The third-order valence-corrected chi connectivity index (χ3v) is 6.27. The maximum absolute atomic E-state index is 12.8. The first-order valence-corrected chi connectivity index (χ1v) is 11.7. The number of methoxy groups -OCH3 is 1. The van der Waals surface area contributed by atoms with Gasteiger partial charge in [-0.3, -0.25) is 14.5 Å². The van der Waals surface area contributed by atoms with Crippen molar-refractivity contribution in [3.05, 3.63) is 60.2 Å². The molecule has 33 heavy (non-hydrogen) atoms. The SMILES string of the molecule is COc1ccccc1OCC(=O)N(CCC(=O)N1CCN(Cc2ccccc2)CC1)C1CC1. The minimum Gasteiger partial charge on any atom is -0.493 e. The molecule has 1 saturated heterocycles. The summed E-state index contributed by atoms with van der Waals surface area (Å²) in [7, 11) is 1.58. The van der Waals surface area contributed by atoms with Gasteiger partial charge in [0.15, 0.2) is 18.1 Å². The maximum Gasteiger partial charge on any atom is 0.260 e. The Bertz CT molecular complexity index is 924. The minimum atomic E-state index is -0.0797. The van der Waals surface area contributed by atoms with Crippen molar-refractivity contribution in [3.8, 4) is 11.5 Å². The average Bonchev–Trinajstić information content (AvgIpc) is 3.69. The van der Waals surface area contributed by atoms with E-state index in [0.29, 0.717) is 24.5 Å². The maximum atomic E-state index is 12.8. The standard InChI is InChI=1S/C26H33N3O4/c1-32-23-9-5-6-10-24(23)33-20-26(31)29(22-11-12-22)14-13-25(30)28-17-15-27(16-18-28)19-21-7-3-2-4-8-21/h2-10,22H,11-20H2,1H3. The first-order chi connectivity index (χ1) is 16.1. The van der Waals surface area contributed by atoms with Gasteiger partial charge < -0.3 is 19.3 Å². The number of hydrogen-bond donors (Lipinski definition) is 0. The summed E-state index contributed by atoms with van der Waals surface area (Å²) >= 11 is 0. The zero-order valence-electron chi connectivity index (χ0n) is 19.3. The van der Waals surface area contributed by atoms with Crippen LogP contribution in [0.2, 0.25) is 0 Å². The van der Waals surface area contributed by atoms with E-state index >= 15 is 0 Å². The molecule has 0 spiro atoms. The Balaban J connectivity index is 1.22. The fourth-order valence-corrected chi connectivity index (χ4v) is 4.23. The number of hydrogen-bond acceptors (Lipinski definition) is 5. The molecule has 7 heteroatoms. The minimum absolute atomic E-state index is 0.0524. The van der Waals surface area contributed by atoms with Gasteiger partial charge in [0, 0.05) is 51.7 Å². The predicted octanol–water partition coefficient (Wildman–Crippen LogP) is 2.80. The molecule has 0 aromatic heterocycles. The quantitative estimate of drug-likeness (QED) is 0.556. The lowest BCUT2D eigenvalue weighted by molar-refractivity contribution is -0.137. The summed E-state index contributed by atoms with van der Waals surface area (Å²) in [5.41, 5.74) is 1.30. The van der Waals surface area contributed by atoms with Gasteiger partial charge in [0.1, 0.15) is 0 Å². The van der Waals surface area contributed by atoms with Crippen LogP contribution in [-0.2, 0) is 16.1 Å². The summed E-state index contributed by atoms with van der Waals surface area (Å²) in [6.45, 7) is 4.53. The van der Waals surface area contributed by atoms with Crippen molar-refractivity contribution in [2.45, 2.75) is 31.8 Å². The Labute approximate surface area is 195 Å². The van der Waals surface area contributed by atoms with Gasteiger partial charge in [-0.25, -0.2) is 0 Å². The molecule has 2 aliphatic rings. The molecule has 0 atom stereocenters. The number of ether oxygens (including phenoxy) is 2. The highest BCUT2D eigenvalue weighted by Crippen LogP contribution is 2.29. The summed E-state index contributed by atoms with van der Waals surface area (Å²) in [6, 6.07) is 17.9. The van der Waals surface area contributed by atoms with Gasteiger partial charge in [0.2, 0.25) is 5.91 Å². The molecule has 2 fully saturated rings. The molecule has 1 aliphatic heterocycles. The fourth-order valence-electron chi connectivity index (χ4n) is 4.23. The smallest absolute Gasteiger partial charge is 0.260 e. The molecule has 1 heterocycles. The molecule has 4 rings (SSSR count). The van der Waals surface area contributed by atoms with Crippen molar-refractivity contribution in [2.75, 3.05) is 46.4 Å². The van der Waals surface area contributed by atoms with Crippen LogP contribution in [0.1, 0.15) is 24.8 Å². The number of carbonyl (C=O) groups is 2. The molecular weight excluding hydrogens is 418 g/mol. The van der Waals surface area contributed by atoms with Crippen LogP contribution in [0, 0.1) is 0 Å². The van der Waals surface area contributed by atoms with Gasteiger partial charge >= 0.3 is 0 Å². The second kappa shape index (κ2) is 11.2. The average molecular weight is 452 g/mol. The van der Waals surface area contributed by atoms with Crippen molar-refractivity contribution >= 4 is 11.8 Å². The molecule has 2 aromatic carbocycles. The number of benzene rings is 2. The lowest BCUT2D eigenvalue weighted by Crippen LogP contribution is -2.49. The molecule has 7 nitrogen and oxygen atoms in total. The topological polar surface area (TPSA) is 62.3 Å². The van der Waals surface area contributed by atoms with E-state index in [-0.39, 0.29) is 24.5 Å². The Morgan fingerprint density at radius 1 is 0.939 bits per heavy atom. The van der Waals surface area contributed by atoms with E-state index in [0.717, 1.165) is 45.6 Å². The van der Waals surface area contributed by atoms with Crippen LogP contribution in [0.5, 0.6) is 11.5 Å².